The van der Waals surface area contributed by atoms with E-state index in [1.54, 1.807) is 12.1 Å². The normalized spacial score (nSPS) is 11.3. The predicted octanol–water partition coefficient (Wildman–Crippen LogP) is 7.59. The molecule has 0 fully saturated rings. The first-order chi connectivity index (χ1) is 10.6. The van der Waals surface area contributed by atoms with Gasteiger partial charge in [-0.25, -0.2) is 0 Å². The van der Waals surface area contributed by atoms with E-state index < -0.39 is 0 Å². The summed E-state index contributed by atoms with van der Waals surface area (Å²) in [5.74, 6) is 1.39. The predicted molar refractivity (Wildman–Crippen MR) is 111 cm³/mol. The van der Waals surface area contributed by atoms with Gasteiger partial charge in [-0.15, -0.1) is 48.2 Å². The minimum absolute atomic E-state index is 0. The van der Waals surface area contributed by atoms with Crippen molar-refractivity contribution in [3.8, 4) is 0 Å². The van der Waals surface area contributed by atoms with Crippen molar-refractivity contribution in [3.63, 3.8) is 0 Å². The molecule has 1 N–H and O–H groups in total. The summed E-state index contributed by atoms with van der Waals surface area (Å²) in [6, 6.07) is 17.8. The maximum atomic E-state index is 7.00. The second-order valence-electron chi connectivity index (χ2n) is 5.68. The molecule has 4 heteroatoms. The molecule has 1 aliphatic carbocycles. The molecule has 25 heavy (non-hydrogen) atoms. The van der Waals surface area contributed by atoms with E-state index in [1.807, 2.05) is 18.2 Å². The van der Waals surface area contributed by atoms with E-state index in [1.165, 1.54) is 28.2 Å². The molecular weight excluding hydrogens is 385 g/mol. The average Bonchev–Trinajstić information content (AvgIpc) is 2.94. The zero-order chi connectivity index (χ0) is 15.9. The van der Waals surface area contributed by atoms with Crippen LogP contribution in [0.4, 0.5) is 5.69 Å². The Kier molecular flexibility index (Phi) is 13.7. The van der Waals surface area contributed by atoms with Crippen LogP contribution in [-0.2, 0) is 21.7 Å². The molecule has 0 unspecified atom stereocenters. The second-order valence-corrected chi connectivity index (χ2v) is 5.68. The van der Waals surface area contributed by atoms with E-state index in [4.69, 9.17) is 5.73 Å². The largest absolute Gasteiger partial charge is 2.00 e. The van der Waals surface area contributed by atoms with Crippen molar-refractivity contribution in [1.82, 2.24) is 0 Å². The second kappa shape index (κ2) is 13.1. The van der Waals surface area contributed by atoms with Gasteiger partial charge in [0.05, 0.1) is 0 Å². The van der Waals surface area contributed by atoms with Gasteiger partial charge in [0.25, 0.3) is 0 Å². The van der Waals surface area contributed by atoms with Gasteiger partial charge in [-0.2, -0.15) is 17.5 Å². The van der Waals surface area contributed by atoms with Gasteiger partial charge in [0.15, 0.2) is 0 Å². The first-order valence-electron chi connectivity index (χ1n) is 7.62. The summed E-state index contributed by atoms with van der Waals surface area (Å²) in [5.41, 5.74) is 13.2. The SMILES string of the molecule is CC1=C(c2ccccc2[C-](C)C)CC=C1.Cl.Cl.[NH-]c1ccccc1.[Ti+2]. The Hall–Kier alpha value is -1.12. The zero-order valence-corrected chi connectivity index (χ0v) is 18.1. The molecule has 3 rings (SSSR count). The van der Waals surface area contributed by atoms with Gasteiger partial charge < -0.3 is 5.73 Å². The molecular formula is C21H25Cl2NTi. The van der Waals surface area contributed by atoms with Crippen molar-refractivity contribution in [2.24, 2.45) is 0 Å². The molecule has 0 aromatic heterocycles. The fourth-order valence-corrected chi connectivity index (χ4v) is 2.56. The Morgan fingerprint density at radius 1 is 0.880 bits per heavy atom. The molecule has 1 aliphatic rings. The Morgan fingerprint density at radius 2 is 1.44 bits per heavy atom. The van der Waals surface area contributed by atoms with E-state index in [2.05, 4.69) is 57.2 Å². The van der Waals surface area contributed by atoms with E-state index in [0.717, 1.165) is 6.42 Å². The molecule has 1 nitrogen and oxygen atoms in total. The number of benzene rings is 2. The minimum atomic E-state index is 0. The van der Waals surface area contributed by atoms with Gasteiger partial charge in [-0.3, -0.25) is 0 Å². The Balaban J connectivity index is 0. The standard InChI is InChI=1S/C15H17.C6H6N.2ClH.Ti/c1-11(2)13-8-4-5-9-15(13)14-10-6-7-12(14)3;7-6-4-2-1-3-5-6;;;/h4-9H,10H2,1-3H3;1-5,7H;2*1H;/q2*-1;;;+2. The fourth-order valence-electron chi connectivity index (χ4n) is 2.56. The summed E-state index contributed by atoms with van der Waals surface area (Å²) in [6.07, 6.45) is 5.54. The first kappa shape index (κ1) is 26.1. The quantitative estimate of drug-likeness (QED) is 0.360. The van der Waals surface area contributed by atoms with Gasteiger partial charge in [-0.1, -0.05) is 73.5 Å². The number of rotatable bonds is 2. The average molecular weight is 410 g/mol. The Morgan fingerprint density at radius 3 is 1.88 bits per heavy atom. The van der Waals surface area contributed by atoms with Gasteiger partial charge in [-0.05, 0) is 13.3 Å². The number of hydrogen-bond donors (Lipinski definition) is 0. The molecule has 0 amide bonds. The van der Waals surface area contributed by atoms with Crippen molar-refractivity contribution < 1.29 is 21.7 Å². The van der Waals surface area contributed by atoms with Gasteiger partial charge in [0.2, 0.25) is 0 Å². The van der Waals surface area contributed by atoms with Crippen molar-refractivity contribution in [2.45, 2.75) is 27.2 Å². The molecule has 0 bridgehead atoms. The van der Waals surface area contributed by atoms with Crippen molar-refractivity contribution in [1.29, 1.82) is 0 Å². The van der Waals surface area contributed by atoms with Crippen molar-refractivity contribution in [2.75, 3.05) is 0 Å². The van der Waals surface area contributed by atoms with Gasteiger partial charge >= 0.3 is 21.7 Å². The molecule has 132 valence electrons. The van der Waals surface area contributed by atoms with Crippen LogP contribution in [0.15, 0.2) is 72.3 Å². The van der Waals surface area contributed by atoms with Crippen LogP contribution < -0.4 is 0 Å². The van der Waals surface area contributed by atoms with Crippen LogP contribution in [-0.4, -0.2) is 0 Å². The Labute approximate surface area is 179 Å². The summed E-state index contributed by atoms with van der Waals surface area (Å²) < 4.78 is 0. The molecule has 0 atom stereocenters. The third-order valence-electron chi connectivity index (χ3n) is 3.73. The molecule has 2 aromatic carbocycles. The van der Waals surface area contributed by atoms with Crippen LogP contribution in [0.25, 0.3) is 11.3 Å². The van der Waals surface area contributed by atoms with Crippen LogP contribution in [0.3, 0.4) is 0 Å². The third-order valence-corrected chi connectivity index (χ3v) is 3.73. The van der Waals surface area contributed by atoms with Gasteiger partial charge in [0, 0.05) is 0 Å². The maximum absolute atomic E-state index is 7.00. The van der Waals surface area contributed by atoms with E-state index >= 15 is 0 Å². The minimum Gasteiger partial charge on any atom is -0.699 e. The topological polar surface area (TPSA) is 23.8 Å². The molecule has 0 spiro atoms. The van der Waals surface area contributed by atoms with E-state index in [9.17, 15) is 0 Å². The van der Waals surface area contributed by atoms with Crippen LogP contribution in [0, 0.1) is 5.92 Å². The number of allylic oxidation sites excluding steroid dienone is 4. The monoisotopic (exact) mass is 409 g/mol. The van der Waals surface area contributed by atoms with E-state index in [-0.39, 0.29) is 46.5 Å². The first-order valence-corrected chi connectivity index (χ1v) is 7.62. The number of hydrogen-bond acceptors (Lipinski definition) is 0. The third kappa shape index (κ3) is 7.75. The molecule has 2 aromatic rings. The van der Waals surface area contributed by atoms with Crippen LogP contribution >= 0.6 is 24.8 Å². The van der Waals surface area contributed by atoms with Gasteiger partial charge in [0.1, 0.15) is 0 Å². The van der Waals surface area contributed by atoms with Crippen molar-refractivity contribution >= 4 is 36.1 Å². The maximum Gasteiger partial charge on any atom is 2.00 e. The molecule has 0 radical (unpaired) electrons. The van der Waals surface area contributed by atoms with Crippen LogP contribution in [0.5, 0.6) is 0 Å². The molecule has 0 aliphatic heterocycles. The van der Waals surface area contributed by atoms with Crippen LogP contribution in [0.1, 0.15) is 38.3 Å². The zero-order valence-electron chi connectivity index (χ0n) is 14.9. The molecule has 0 saturated carbocycles. The van der Waals surface area contributed by atoms with Crippen LogP contribution in [0.2, 0.25) is 0 Å². The molecule has 0 heterocycles. The summed E-state index contributed by atoms with van der Waals surface area (Å²) in [4.78, 5) is 0. The smallest absolute Gasteiger partial charge is 0.699 e. The fraction of sp³-hybridized carbons (Fsp3) is 0.190. The summed E-state index contributed by atoms with van der Waals surface area (Å²) in [6.45, 7) is 6.55. The Bertz CT molecular complexity index is 679. The number of halogens is 2. The summed E-state index contributed by atoms with van der Waals surface area (Å²) >= 11 is 0. The molecule has 0 saturated heterocycles. The number of nitrogens with one attached hydrogen (secondary N) is 1. The summed E-state index contributed by atoms with van der Waals surface area (Å²) in [5, 5.41) is 0. The van der Waals surface area contributed by atoms with E-state index in [0.29, 0.717) is 5.69 Å². The summed E-state index contributed by atoms with van der Waals surface area (Å²) in [7, 11) is 0. The van der Waals surface area contributed by atoms with Crippen molar-refractivity contribution in [3.05, 3.63) is 95.1 Å².